The van der Waals surface area contributed by atoms with Gasteiger partial charge in [0.2, 0.25) is 0 Å². The molecule has 0 aliphatic heterocycles. The molecule has 0 bridgehead atoms. The van der Waals surface area contributed by atoms with Gasteiger partial charge in [0, 0.05) is 24.4 Å². The number of nitro groups is 1. The van der Waals surface area contributed by atoms with E-state index in [9.17, 15) is 19.7 Å². The number of carboxylic acid groups (broad SMARTS) is 1. The third-order valence-corrected chi connectivity index (χ3v) is 3.69. The van der Waals surface area contributed by atoms with E-state index >= 15 is 0 Å². The fourth-order valence-corrected chi connectivity index (χ4v) is 2.35. The number of benzene rings is 1. The zero-order valence-electron chi connectivity index (χ0n) is 12.5. The van der Waals surface area contributed by atoms with E-state index < -0.39 is 16.8 Å². The van der Waals surface area contributed by atoms with E-state index in [2.05, 4.69) is 5.10 Å². The molecule has 0 unspecified atom stereocenters. The molecule has 0 atom stereocenters. The molecule has 1 aromatic carbocycles. The van der Waals surface area contributed by atoms with Gasteiger partial charge in [0.15, 0.2) is 5.69 Å². The van der Waals surface area contributed by atoms with E-state index in [-0.39, 0.29) is 24.0 Å². The van der Waals surface area contributed by atoms with Crippen LogP contribution in [-0.4, -0.2) is 49.2 Å². The van der Waals surface area contributed by atoms with Gasteiger partial charge in [-0.15, -0.1) is 0 Å². The highest BCUT2D eigenvalue weighted by Gasteiger charge is 2.35. The monoisotopic (exact) mass is 330 g/mol. The molecule has 9 nitrogen and oxygen atoms in total. The van der Waals surface area contributed by atoms with Crippen molar-refractivity contribution in [2.24, 2.45) is 0 Å². The van der Waals surface area contributed by atoms with E-state index in [0.29, 0.717) is 5.69 Å². The van der Waals surface area contributed by atoms with Gasteiger partial charge in [-0.2, -0.15) is 5.10 Å². The van der Waals surface area contributed by atoms with E-state index in [1.165, 1.54) is 39.9 Å². The maximum atomic E-state index is 12.4. The van der Waals surface area contributed by atoms with Crippen molar-refractivity contribution in [1.29, 1.82) is 0 Å². The highest BCUT2D eigenvalue weighted by Crippen LogP contribution is 2.28. The number of amides is 1. The van der Waals surface area contributed by atoms with Crippen LogP contribution in [0, 0.1) is 10.1 Å². The second kappa shape index (κ2) is 6.11. The van der Waals surface area contributed by atoms with Gasteiger partial charge in [-0.1, -0.05) is 0 Å². The number of aromatic nitrogens is 2. The Morgan fingerprint density at radius 1 is 1.29 bits per heavy atom. The van der Waals surface area contributed by atoms with Crippen LogP contribution in [0.1, 0.15) is 23.3 Å². The van der Waals surface area contributed by atoms with Crippen molar-refractivity contribution < 1.29 is 19.6 Å². The lowest BCUT2D eigenvalue weighted by atomic mass is 10.3. The molecule has 2 aromatic rings. The molecule has 24 heavy (non-hydrogen) atoms. The van der Waals surface area contributed by atoms with Crippen LogP contribution in [0.5, 0.6) is 0 Å². The average Bonchev–Trinajstić information content (AvgIpc) is 3.28. The number of nitro benzene ring substituents is 1. The smallest absolute Gasteiger partial charge is 0.323 e. The van der Waals surface area contributed by atoms with Crippen LogP contribution in [0.4, 0.5) is 5.69 Å². The van der Waals surface area contributed by atoms with Crippen molar-refractivity contribution in [3.05, 3.63) is 52.3 Å². The van der Waals surface area contributed by atoms with E-state index in [1.54, 1.807) is 6.20 Å². The van der Waals surface area contributed by atoms with Crippen molar-refractivity contribution in [2.75, 3.05) is 6.54 Å². The summed E-state index contributed by atoms with van der Waals surface area (Å²) in [6.07, 6.45) is 3.14. The number of carboxylic acids is 1. The lowest BCUT2D eigenvalue weighted by molar-refractivity contribution is -0.384. The summed E-state index contributed by atoms with van der Waals surface area (Å²) in [5, 5.41) is 23.8. The van der Waals surface area contributed by atoms with Crippen molar-refractivity contribution in [3.8, 4) is 5.69 Å². The minimum absolute atomic E-state index is 0.0384. The summed E-state index contributed by atoms with van der Waals surface area (Å²) in [5.41, 5.74) is 0.668. The first-order valence-corrected chi connectivity index (χ1v) is 7.29. The molecule has 1 aliphatic carbocycles. The molecule has 1 aromatic heterocycles. The van der Waals surface area contributed by atoms with E-state index in [1.807, 2.05) is 0 Å². The van der Waals surface area contributed by atoms with Gasteiger partial charge in [-0.25, -0.2) is 4.68 Å². The largest absolute Gasteiger partial charge is 0.480 e. The Kier molecular flexibility index (Phi) is 3.98. The van der Waals surface area contributed by atoms with Crippen LogP contribution in [-0.2, 0) is 4.79 Å². The lowest BCUT2D eigenvalue weighted by Crippen LogP contribution is -2.37. The Hall–Kier alpha value is -3.23. The third kappa shape index (κ3) is 3.24. The number of hydrogen-bond donors (Lipinski definition) is 1. The fraction of sp³-hybridized carbons (Fsp3) is 0.267. The lowest BCUT2D eigenvalue weighted by Gasteiger charge is -2.18. The van der Waals surface area contributed by atoms with Crippen molar-refractivity contribution in [2.45, 2.75) is 18.9 Å². The Bertz CT molecular complexity index is 794. The van der Waals surface area contributed by atoms with Crippen LogP contribution in [0.25, 0.3) is 5.69 Å². The summed E-state index contributed by atoms with van der Waals surface area (Å²) < 4.78 is 1.42. The summed E-state index contributed by atoms with van der Waals surface area (Å²) in [6, 6.07) is 7.20. The minimum Gasteiger partial charge on any atom is -0.480 e. The van der Waals surface area contributed by atoms with Gasteiger partial charge in [0.25, 0.3) is 11.6 Å². The molecular weight excluding hydrogens is 316 g/mol. The Morgan fingerprint density at radius 3 is 2.50 bits per heavy atom. The molecule has 0 saturated heterocycles. The van der Waals surface area contributed by atoms with Crippen LogP contribution >= 0.6 is 0 Å². The zero-order valence-corrected chi connectivity index (χ0v) is 12.5. The minimum atomic E-state index is -1.06. The van der Waals surface area contributed by atoms with Gasteiger partial charge >= 0.3 is 5.97 Å². The first-order valence-electron chi connectivity index (χ1n) is 7.29. The predicted octanol–water partition coefficient (Wildman–Crippen LogP) is 1.47. The number of rotatable bonds is 6. The Labute approximate surface area is 136 Å². The molecule has 1 amide bonds. The maximum absolute atomic E-state index is 12.4. The second-order valence-corrected chi connectivity index (χ2v) is 5.48. The topological polar surface area (TPSA) is 119 Å². The van der Waals surface area contributed by atoms with Crippen LogP contribution in [0.2, 0.25) is 0 Å². The maximum Gasteiger partial charge on any atom is 0.323 e. The van der Waals surface area contributed by atoms with Crippen molar-refractivity contribution in [1.82, 2.24) is 14.7 Å². The third-order valence-electron chi connectivity index (χ3n) is 3.69. The number of nitrogens with zero attached hydrogens (tertiary/aromatic N) is 4. The summed E-state index contributed by atoms with van der Waals surface area (Å²) in [7, 11) is 0. The normalized spacial score (nSPS) is 13.5. The number of aliphatic carboxylic acids is 1. The molecule has 124 valence electrons. The average molecular weight is 330 g/mol. The molecular formula is C15H14N4O5. The first-order chi connectivity index (χ1) is 11.5. The molecule has 0 radical (unpaired) electrons. The zero-order chi connectivity index (χ0) is 17.3. The molecule has 1 heterocycles. The van der Waals surface area contributed by atoms with Crippen LogP contribution < -0.4 is 0 Å². The number of hydrogen-bond acceptors (Lipinski definition) is 5. The van der Waals surface area contributed by atoms with Crippen molar-refractivity contribution in [3.63, 3.8) is 0 Å². The van der Waals surface area contributed by atoms with E-state index in [4.69, 9.17) is 5.11 Å². The molecule has 1 aliphatic rings. The Morgan fingerprint density at radius 2 is 1.96 bits per heavy atom. The number of carbonyl (C=O) groups excluding carboxylic acids is 1. The van der Waals surface area contributed by atoms with Gasteiger partial charge < -0.3 is 10.0 Å². The second-order valence-electron chi connectivity index (χ2n) is 5.48. The van der Waals surface area contributed by atoms with Crippen LogP contribution in [0.15, 0.2) is 36.5 Å². The summed E-state index contributed by atoms with van der Waals surface area (Å²) in [6.45, 7) is -0.353. The van der Waals surface area contributed by atoms with Crippen molar-refractivity contribution >= 4 is 17.6 Å². The molecule has 1 saturated carbocycles. The molecule has 0 spiro atoms. The highest BCUT2D eigenvalue weighted by atomic mass is 16.6. The van der Waals surface area contributed by atoms with Gasteiger partial charge in [0.1, 0.15) is 6.54 Å². The predicted molar refractivity (Wildman–Crippen MR) is 81.9 cm³/mol. The summed E-state index contributed by atoms with van der Waals surface area (Å²) >= 11 is 0. The van der Waals surface area contributed by atoms with E-state index in [0.717, 1.165) is 12.8 Å². The quantitative estimate of drug-likeness (QED) is 0.633. The number of non-ortho nitro benzene ring substituents is 1. The number of carbonyl (C=O) groups is 2. The molecule has 1 N–H and O–H groups in total. The summed E-state index contributed by atoms with van der Waals surface area (Å²) in [5.74, 6) is -1.49. The molecule has 3 rings (SSSR count). The fourth-order valence-electron chi connectivity index (χ4n) is 2.35. The standard InChI is InChI=1S/C15H14N4O5/c20-14(21)9-17(10-1-2-10)15(22)13-7-8-18(16-13)11-3-5-12(6-4-11)19(23)24/h3-8,10H,1-2,9H2,(H,20,21). The Balaban J connectivity index is 1.80. The van der Waals surface area contributed by atoms with Crippen LogP contribution in [0.3, 0.4) is 0 Å². The van der Waals surface area contributed by atoms with Gasteiger partial charge in [-0.3, -0.25) is 19.7 Å². The first kappa shape index (κ1) is 15.7. The van der Waals surface area contributed by atoms with Gasteiger partial charge in [-0.05, 0) is 31.0 Å². The highest BCUT2D eigenvalue weighted by molar-refractivity contribution is 5.94. The SMILES string of the molecule is O=C(O)CN(C(=O)c1ccn(-c2ccc([N+](=O)[O-])cc2)n1)C1CC1. The molecule has 1 fully saturated rings. The molecule has 9 heteroatoms. The summed E-state index contributed by atoms with van der Waals surface area (Å²) in [4.78, 5) is 34.8. The van der Waals surface area contributed by atoms with Gasteiger partial charge in [0.05, 0.1) is 10.6 Å².